The summed E-state index contributed by atoms with van der Waals surface area (Å²) >= 11 is 0. The number of carbonyl (C=O) groups excluding carboxylic acids is 1. The fourth-order valence-electron chi connectivity index (χ4n) is 2.74. The van der Waals surface area contributed by atoms with E-state index in [-0.39, 0.29) is 17.7 Å². The van der Waals surface area contributed by atoms with E-state index in [2.05, 4.69) is 14.7 Å². The van der Waals surface area contributed by atoms with Crippen molar-refractivity contribution in [3.05, 3.63) is 35.7 Å². The van der Waals surface area contributed by atoms with Gasteiger partial charge >= 0.3 is 12.1 Å². The second-order valence-electron chi connectivity index (χ2n) is 5.94. The molecule has 25 heavy (non-hydrogen) atoms. The number of aryl methyl sites for hydroxylation is 1. The lowest BCUT2D eigenvalue weighted by atomic mass is 10.0. The Labute approximate surface area is 142 Å². The molecule has 2 aromatic rings. The molecule has 1 aliphatic heterocycles. The first-order valence-electron chi connectivity index (χ1n) is 8.08. The highest BCUT2D eigenvalue weighted by Crippen LogP contribution is 2.29. The molecule has 3 rings (SSSR count). The van der Waals surface area contributed by atoms with Gasteiger partial charge in [0.05, 0.1) is 0 Å². The van der Waals surface area contributed by atoms with Gasteiger partial charge in [0.1, 0.15) is 6.10 Å². The molecule has 0 aliphatic carbocycles. The maximum atomic E-state index is 12.5. The first kappa shape index (κ1) is 17.6. The van der Waals surface area contributed by atoms with E-state index in [1.54, 1.807) is 24.3 Å². The summed E-state index contributed by atoms with van der Waals surface area (Å²) in [4.78, 5) is 15.3. The largest absolute Gasteiger partial charge is 0.471 e. The maximum Gasteiger partial charge on any atom is 0.471 e. The molecular formula is C17H17F3N2O3. The minimum absolute atomic E-state index is 0.104. The average Bonchev–Trinajstić information content (AvgIpc) is 3.27. The topological polar surface area (TPSA) is 65.2 Å². The Hall–Kier alpha value is -2.22. The predicted octanol–water partition coefficient (Wildman–Crippen LogP) is 3.83. The molecule has 1 saturated heterocycles. The Balaban J connectivity index is 1.53. The number of rotatable bonds is 6. The second kappa shape index (κ2) is 7.35. The number of carbonyl (C=O) groups is 1. The Morgan fingerprint density at radius 2 is 2.00 bits per heavy atom. The number of halogens is 3. The summed E-state index contributed by atoms with van der Waals surface area (Å²) in [5, 5.41) is 3.35. The van der Waals surface area contributed by atoms with Crippen LogP contribution in [-0.4, -0.2) is 28.6 Å². The van der Waals surface area contributed by atoms with Crippen LogP contribution in [0, 0.1) is 0 Å². The minimum atomic E-state index is -4.65. The lowest BCUT2D eigenvalue weighted by Gasteiger charge is -2.08. The van der Waals surface area contributed by atoms with Gasteiger partial charge in [-0.3, -0.25) is 4.79 Å². The molecule has 5 nitrogen and oxygen atoms in total. The monoisotopic (exact) mass is 354 g/mol. The van der Waals surface area contributed by atoms with E-state index in [0.29, 0.717) is 31.4 Å². The fraction of sp³-hybridized carbons (Fsp3) is 0.471. The number of alkyl halides is 3. The van der Waals surface area contributed by atoms with Crippen molar-refractivity contribution in [2.45, 2.75) is 44.4 Å². The molecule has 0 bridgehead atoms. The number of Topliss-reactive ketones (excluding diaryl/α,β-unsaturated/α-hetero) is 1. The van der Waals surface area contributed by atoms with Crippen molar-refractivity contribution in [2.24, 2.45) is 0 Å². The third-order valence-electron chi connectivity index (χ3n) is 4.06. The van der Waals surface area contributed by atoms with Crippen molar-refractivity contribution in [3.8, 4) is 11.4 Å². The zero-order valence-electron chi connectivity index (χ0n) is 13.4. The Kier molecular flexibility index (Phi) is 5.17. The third-order valence-corrected chi connectivity index (χ3v) is 4.06. The smallest absolute Gasteiger partial charge is 0.370 e. The summed E-state index contributed by atoms with van der Waals surface area (Å²) in [7, 11) is 0. The Morgan fingerprint density at radius 1 is 1.24 bits per heavy atom. The van der Waals surface area contributed by atoms with E-state index in [1.165, 1.54) is 0 Å². The number of ketones is 1. The van der Waals surface area contributed by atoms with Gasteiger partial charge in [-0.05, 0) is 31.2 Å². The molecule has 1 aliphatic rings. The quantitative estimate of drug-likeness (QED) is 0.789. The van der Waals surface area contributed by atoms with E-state index in [0.717, 1.165) is 18.4 Å². The van der Waals surface area contributed by atoms with Crippen molar-refractivity contribution >= 4 is 5.78 Å². The van der Waals surface area contributed by atoms with Crippen LogP contribution < -0.4 is 0 Å². The summed E-state index contributed by atoms with van der Waals surface area (Å²) in [6.07, 6.45) is -1.28. The number of aromatic nitrogens is 2. The van der Waals surface area contributed by atoms with Gasteiger partial charge in [-0.1, -0.05) is 29.4 Å². The van der Waals surface area contributed by atoms with Gasteiger partial charge in [-0.15, -0.1) is 0 Å². The first-order chi connectivity index (χ1) is 11.9. The van der Waals surface area contributed by atoms with Crippen molar-refractivity contribution in [1.82, 2.24) is 10.1 Å². The van der Waals surface area contributed by atoms with Crippen molar-refractivity contribution in [1.29, 1.82) is 0 Å². The van der Waals surface area contributed by atoms with Gasteiger partial charge in [0, 0.05) is 18.6 Å². The summed E-state index contributed by atoms with van der Waals surface area (Å²) in [6.45, 7) is 0.657. The van der Waals surface area contributed by atoms with Gasteiger partial charge in [0.2, 0.25) is 5.82 Å². The van der Waals surface area contributed by atoms with Gasteiger partial charge < -0.3 is 9.26 Å². The lowest BCUT2D eigenvalue weighted by molar-refractivity contribution is -0.159. The molecule has 1 unspecified atom stereocenters. The molecule has 1 aromatic heterocycles. The second-order valence-corrected chi connectivity index (χ2v) is 5.94. The van der Waals surface area contributed by atoms with Crippen LogP contribution >= 0.6 is 0 Å². The zero-order chi connectivity index (χ0) is 17.9. The maximum absolute atomic E-state index is 12.5. The van der Waals surface area contributed by atoms with Crippen molar-refractivity contribution in [2.75, 3.05) is 6.61 Å². The molecule has 0 saturated carbocycles. The van der Waals surface area contributed by atoms with Gasteiger partial charge in [0.15, 0.2) is 5.78 Å². The van der Waals surface area contributed by atoms with Crippen LogP contribution in [0.5, 0.6) is 0 Å². The van der Waals surface area contributed by atoms with Crippen LogP contribution in [-0.2, 0) is 22.1 Å². The van der Waals surface area contributed by atoms with E-state index in [9.17, 15) is 18.0 Å². The van der Waals surface area contributed by atoms with Crippen LogP contribution in [0.3, 0.4) is 0 Å². The Morgan fingerprint density at radius 3 is 2.60 bits per heavy atom. The van der Waals surface area contributed by atoms with E-state index in [1.807, 2.05) is 0 Å². The van der Waals surface area contributed by atoms with Crippen molar-refractivity contribution < 1.29 is 27.2 Å². The molecule has 134 valence electrons. The highest BCUT2D eigenvalue weighted by atomic mass is 19.4. The van der Waals surface area contributed by atoms with E-state index in [4.69, 9.17) is 4.74 Å². The Bertz CT molecular complexity index is 719. The highest BCUT2D eigenvalue weighted by Gasteiger charge is 2.38. The molecule has 2 heterocycles. The van der Waals surface area contributed by atoms with Gasteiger partial charge in [-0.2, -0.15) is 18.2 Å². The molecule has 1 aromatic carbocycles. The van der Waals surface area contributed by atoms with Crippen LogP contribution in [0.1, 0.15) is 37.1 Å². The molecule has 8 heteroatoms. The lowest BCUT2D eigenvalue weighted by Crippen LogP contribution is -2.19. The van der Waals surface area contributed by atoms with E-state index >= 15 is 0 Å². The fourth-order valence-corrected chi connectivity index (χ4v) is 2.74. The molecular weight excluding hydrogens is 337 g/mol. The number of hydrogen-bond donors (Lipinski definition) is 0. The summed E-state index contributed by atoms with van der Waals surface area (Å²) in [5.74, 6) is -1.33. The zero-order valence-corrected chi connectivity index (χ0v) is 13.4. The predicted molar refractivity (Wildman–Crippen MR) is 81.7 cm³/mol. The van der Waals surface area contributed by atoms with Crippen LogP contribution in [0.2, 0.25) is 0 Å². The van der Waals surface area contributed by atoms with Gasteiger partial charge in [-0.25, -0.2) is 0 Å². The van der Waals surface area contributed by atoms with Crippen LogP contribution in [0.25, 0.3) is 11.4 Å². The third kappa shape index (κ3) is 4.45. The minimum Gasteiger partial charge on any atom is -0.370 e. The first-order valence-corrected chi connectivity index (χ1v) is 8.08. The molecule has 0 radical (unpaired) electrons. The molecule has 0 spiro atoms. The normalized spacial score (nSPS) is 17.8. The number of nitrogens with zero attached hydrogens (tertiary/aromatic N) is 2. The summed E-state index contributed by atoms with van der Waals surface area (Å²) < 4.78 is 47.0. The van der Waals surface area contributed by atoms with Crippen molar-refractivity contribution in [3.63, 3.8) is 0 Å². The van der Waals surface area contributed by atoms with Crippen LogP contribution in [0.15, 0.2) is 28.8 Å². The summed E-state index contributed by atoms with van der Waals surface area (Å²) in [5.41, 5.74) is 1.43. The summed E-state index contributed by atoms with van der Waals surface area (Å²) in [6, 6.07) is 6.86. The van der Waals surface area contributed by atoms with Crippen LogP contribution in [0.4, 0.5) is 13.2 Å². The number of hydrogen-bond acceptors (Lipinski definition) is 5. The molecule has 1 atom stereocenters. The SMILES string of the molecule is O=C(CCCc1ccc(-c2noc(C(F)(F)F)n2)cc1)C1CCCO1. The van der Waals surface area contributed by atoms with E-state index < -0.39 is 12.1 Å². The number of ether oxygens (including phenoxy) is 1. The van der Waals surface area contributed by atoms with Gasteiger partial charge in [0.25, 0.3) is 0 Å². The number of benzene rings is 1. The molecule has 0 N–H and O–H groups in total. The highest BCUT2D eigenvalue weighted by molar-refractivity contribution is 5.83. The average molecular weight is 354 g/mol. The molecule has 0 amide bonds. The standard InChI is InChI=1S/C17H17F3N2O3/c18-17(19,20)16-21-15(22-25-16)12-8-6-11(7-9-12)3-1-4-13(23)14-5-2-10-24-14/h6-9,14H,1-5,10H2. The molecule has 1 fully saturated rings.